The van der Waals surface area contributed by atoms with E-state index in [-0.39, 0.29) is 0 Å². The molecular weight excluding hydrogens is 357 g/mol. The molecule has 0 N–H and O–H groups in total. The molecule has 0 spiro atoms. The van der Waals surface area contributed by atoms with Gasteiger partial charge in [-0.25, -0.2) is 4.79 Å². The number of rotatable bonds is 2. The summed E-state index contributed by atoms with van der Waals surface area (Å²) in [4.78, 5) is 15.9. The molecule has 0 bridgehead atoms. The first-order valence-electron chi connectivity index (χ1n) is 8.62. The molecular formula is C20H17F3N2O2. The van der Waals surface area contributed by atoms with Crippen LogP contribution in [0.2, 0.25) is 0 Å². The van der Waals surface area contributed by atoms with E-state index in [2.05, 4.69) is 4.90 Å². The summed E-state index contributed by atoms with van der Waals surface area (Å²) in [5, 5.41) is 0.851. The summed E-state index contributed by atoms with van der Waals surface area (Å²) in [5.74, 6) is 0. The highest BCUT2D eigenvalue weighted by Gasteiger charge is 2.31. The lowest BCUT2D eigenvalue weighted by molar-refractivity contribution is -0.137. The smallest absolute Gasteiger partial charge is 0.416 e. The number of para-hydroxylation sites is 1. The van der Waals surface area contributed by atoms with Crippen LogP contribution in [0.5, 0.6) is 0 Å². The monoisotopic (exact) mass is 374 g/mol. The van der Waals surface area contributed by atoms with Crippen molar-refractivity contribution in [3.8, 4) is 0 Å². The van der Waals surface area contributed by atoms with Crippen LogP contribution >= 0.6 is 0 Å². The number of alkyl halides is 3. The molecule has 1 aliphatic rings. The number of benzene rings is 2. The minimum absolute atomic E-state index is 0.413. The molecule has 2 heterocycles. The first-order valence-corrected chi connectivity index (χ1v) is 8.62. The summed E-state index contributed by atoms with van der Waals surface area (Å²) in [5.41, 5.74) is 0.825. The molecule has 1 aliphatic heterocycles. The van der Waals surface area contributed by atoms with E-state index in [1.54, 1.807) is 18.2 Å². The quantitative estimate of drug-likeness (QED) is 0.632. The van der Waals surface area contributed by atoms with E-state index in [0.717, 1.165) is 17.1 Å². The van der Waals surface area contributed by atoms with Gasteiger partial charge >= 0.3 is 11.8 Å². The fraction of sp³-hybridized carbons (Fsp3) is 0.250. The molecule has 0 unspecified atom stereocenters. The Kier molecular flexibility index (Phi) is 4.30. The molecule has 1 aromatic heterocycles. The van der Waals surface area contributed by atoms with Crippen LogP contribution in [0.4, 0.5) is 24.5 Å². The number of halogens is 3. The minimum atomic E-state index is -4.35. The largest absolute Gasteiger partial charge is 0.423 e. The summed E-state index contributed by atoms with van der Waals surface area (Å²) >= 11 is 0. The van der Waals surface area contributed by atoms with Gasteiger partial charge < -0.3 is 14.2 Å². The van der Waals surface area contributed by atoms with E-state index in [1.807, 2.05) is 17.0 Å². The Hall–Kier alpha value is -2.96. The fourth-order valence-electron chi connectivity index (χ4n) is 3.44. The SMILES string of the molecule is O=c1cc(N2CCN(c3cccc(C(F)(F)F)c3)CC2)c2ccccc2o1. The highest BCUT2D eigenvalue weighted by atomic mass is 19.4. The van der Waals surface area contributed by atoms with Crippen LogP contribution in [-0.4, -0.2) is 26.2 Å². The average molecular weight is 374 g/mol. The zero-order valence-corrected chi connectivity index (χ0v) is 14.4. The van der Waals surface area contributed by atoms with E-state index in [9.17, 15) is 18.0 Å². The maximum absolute atomic E-state index is 12.9. The van der Waals surface area contributed by atoms with Crippen LogP contribution in [0.15, 0.2) is 63.8 Å². The van der Waals surface area contributed by atoms with Gasteiger partial charge in [0.05, 0.1) is 11.3 Å². The van der Waals surface area contributed by atoms with Crippen LogP contribution in [0, 0.1) is 0 Å². The predicted molar refractivity (Wildman–Crippen MR) is 98.4 cm³/mol. The third-order valence-electron chi connectivity index (χ3n) is 4.79. The molecule has 0 amide bonds. The summed E-state index contributed by atoms with van der Waals surface area (Å²) in [6.45, 7) is 2.33. The molecule has 4 nitrogen and oxygen atoms in total. The van der Waals surface area contributed by atoms with Crippen LogP contribution < -0.4 is 15.4 Å². The zero-order valence-electron chi connectivity index (χ0n) is 14.4. The Morgan fingerprint density at radius 2 is 1.56 bits per heavy atom. The fourth-order valence-corrected chi connectivity index (χ4v) is 3.44. The number of fused-ring (bicyclic) bond motifs is 1. The van der Waals surface area contributed by atoms with Gasteiger partial charge in [0, 0.05) is 43.3 Å². The maximum atomic E-state index is 12.9. The van der Waals surface area contributed by atoms with Crippen molar-refractivity contribution in [1.82, 2.24) is 0 Å². The second kappa shape index (κ2) is 6.64. The average Bonchev–Trinajstić information content (AvgIpc) is 2.67. The number of piperazine rings is 1. The summed E-state index contributed by atoms with van der Waals surface area (Å²) in [6.07, 6.45) is -4.35. The molecule has 140 valence electrons. The van der Waals surface area contributed by atoms with E-state index in [4.69, 9.17) is 4.42 Å². The molecule has 0 atom stereocenters. The topological polar surface area (TPSA) is 36.7 Å². The van der Waals surface area contributed by atoms with Crippen LogP contribution in [-0.2, 0) is 6.18 Å². The first kappa shape index (κ1) is 17.5. The van der Waals surface area contributed by atoms with Crippen molar-refractivity contribution in [2.45, 2.75) is 6.18 Å². The second-order valence-corrected chi connectivity index (χ2v) is 6.47. The lowest BCUT2D eigenvalue weighted by Crippen LogP contribution is -2.46. The van der Waals surface area contributed by atoms with Gasteiger partial charge in [0.2, 0.25) is 0 Å². The summed E-state index contributed by atoms with van der Waals surface area (Å²) in [6, 6.07) is 14.2. The van der Waals surface area contributed by atoms with Crippen LogP contribution in [0.3, 0.4) is 0 Å². The lowest BCUT2D eigenvalue weighted by Gasteiger charge is -2.37. The number of anilines is 2. The Labute approximate surface area is 153 Å². The Bertz CT molecular complexity index is 1020. The van der Waals surface area contributed by atoms with Crippen molar-refractivity contribution in [1.29, 1.82) is 0 Å². The van der Waals surface area contributed by atoms with E-state index < -0.39 is 17.4 Å². The molecule has 0 aliphatic carbocycles. The van der Waals surface area contributed by atoms with Gasteiger partial charge in [0.1, 0.15) is 5.58 Å². The van der Waals surface area contributed by atoms with Gasteiger partial charge in [-0.05, 0) is 30.3 Å². The van der Waals surface area contributed by atoms with E-state index >= 15 is 0 Å². The third kappa shape index (κ3) is 3.49. The molecule has 0 saturated carbocycles. The molecule has 1 fully saturated rings. The number of hydrogen-bond acceptors (Lipinski definition) is 4. The zero-order chi connectivity index (χ0) is 19.0. The normalized spacial score (nSPS) is 15.4. The van der Waals surface area contributed by atoms with Gasteiger partial charge in [-0.2, -0.15) is 13.2 Å². The molecule has 4 rings (SSSR count). The van der Waals surface area contributed by atoms with Gasteiger partial charge in [-0.3, -0.25) is 0 Å². The van der Waals surface area contributed by atoms with Crippen LogP contribution in [0.25, 0.3) is 11.0 Å². The molecule has 3 aromatic rings. The summed E-state index contributed by atoms with van der Waals surface area (Å²) < 4.78 is 44.0. The Balaban J connectivity index is 1.56. The van der Waals surface area contributed by atoms with E-state index in [0.29, 0.717) is 37.4 Å². The van der Waals surface area contributed by atoms with E-state index in [1.165, 1.54) is 18.2 Å². The van der Waals surface area contributed by atoms with Crippen molar-refractivity contribution in [2.24, 2.45) is 0 Å². The standard InChI is InChI=1S/C20H17F3N2O2/c21-20(22,23)14-4-3-5-15(12-14)24-8-10-25(11-9-24)17-13-19(26)27-18-7-2-1-6-16(17)18/h1-7,12-13H,8-11H2. The Morgan fingerprint density at radius 1 is 0.852 bits per heavy atom. The first-order chi connectivity index (χ1) is 12.9. The minimum Gasteiger partial charge on any atom is -0.423 e. The highest BCUT2D eigenvalue weighted by Crippen LogP contribution is 2.32. The van der Waals surface area contributed by atoms with Crippen molar-refractivity contribution >= 4 is 22.3 Å². The maximum Gasteiger partial charge on any atom is 0.416 e. The molecule has 27 heavy (non-hydrogen) atoms. The van der Waals surface area contributed by atoms with Crippen molar-refractivity contribution < 1.29 is 17.6 Å². The lowest BCUT2D eigenvalue weighted by atomic mass is 10.1. The van der Waals surface area contributed by atoms with Crippen molar-refractivity contribution in [3.63, 3.8) is 0 Å². The molecule has 1 saturated heterocycles. The molecule has 2 aromatic carbocycles. The third-order valence-corrected chi connectivity index (χ3v) is 4.79. The van der Waals surface area contributed by atoms with Crippen molar-refractivity contribution in [3.05, 3.63) is 70.6 Å². The van der Waals surface area contributed by atoms with Crippen LogP contribution in [0.1, 0.15) is 5.56 Å². The Morgan fingerprint density at radius 3 is 2.30 bits per heavy atom. The molecule has 7 heteroatoms. The highest BCUT2D eigenvalue weighted by molar-refractivity contribution is 5.90. The number of hydrogen-bond donors (Lipinski definition) is 0. The van der Waals surface area contributed by atoms with Gasteiger partial charge in [-0.15, -0.1) is 0 Å². The predicted octanol–water partition coefficient (Wildman–Crippen LogP) is 4.14. The van der Waals surface area contributed by atoms with Crippen molar-refractivity contribution in [2.75, 3.05) is 36.0 Å². The van der Waals surface area contributed by atoms with Gasteiger partial charge in [-0.1, -0.05) is 18.2 Å². The summed E-state index contributed by atoms with van der Waals surface area (Å²) in [7, 11) is 0. The number of nitrogens with zero attached hydrogens (tertiary/aromatic N) is 2. The van der Waals surface area contributed by atoms with Gasteiger partial charge in [0.25, 0.3) is 0 Å². The second-order valence-electron chi connectivity index (χ2n) is 6.47. The van der Waals surface area contributed by atoms with Gasteiger partial charge in [0.15, 0.2) is 0 Å². The molecule has 0 radical (unpaired) electrons.